The standard InChI is InChI=1S/C22H12N2S2/c23-13-15-1-5-17(6-2-15)19-9-11-21(25-19)22-12-10-20(26-22)18-7-3-16(14-24)4-8-18/h1-12H. The van der Waals surface area contributed by atoms with Gasteiger partial charge in [0, 0.05) is 19.5 Å². The van der Waals surface area contributed by atoms with Gasteiger partial charge in [0.15, 0.2) is 0 Å². The Balaban J connectivity index is 1.61. The van der Waals surface area contributed by atoms with Crippen molar-refractivity contribution in [3.63, 3.8) is 0 Å². The predicted octanol–water partition coefficient (Wildman–Crippen LogP) is 6.55. The topological polar surface area (TPSA) is 47.6 Å². The summed E-state index contributed by atoms with van der Waals surface area (Å²) in [6.07, 6.45) is 0. The van der Waals surface area contributed by atoms with E-state index in [1.165, 1.54) is 19.5 Å². The fourth-order valence-electron chi connectivity index (χ4n) is 2.67. The Morgan fingerprint density at radius 3 is 1.15 bits per heavy atom. The third-order valence-corrected chi connectivity index (χ3v) is 6.52. The number of nitrogens with zero attached hydrogens (tertiary/aromatic N) is 2. The van der Waals surface area contributed by atoms with E-state index in [0.717, 1.165) is 11.1 Å². The predicted molar refractivity (Wildman–Crippen MR) is 108 cm³/mol. The van der Waals surface area contributed by atoms with Crippen LogP contribution in [-0.4, -0.2) is 0 Å². The highest BCUT2D eigenvalue weighted by Gasteiger charge is 2.09. The van der Waals surface area contributed by atoms with Crippen LogP contribution in [0.2, 0.25) is 0 Å². The molecule has 0 spiro atoms. The van der Waals surface area contributed by atoms with E-state index in [1.807, 2.05) is 48.5 Å². The van der Waals surface area contributed by atoms with Gasteiger partial charge < -0.3 is 0 Å². The molecule has 0 amide bonds. The molecule has 0 fully saturated rings. The molecule has 2 nitrogen and oxygen atoms in total. The molecule has 0 saturated heterocycles. The molecule has 4 heteroatoms. The molecule has 26 heavy (non-hydrogen) atoms. The van der Waals surface area contributed by atoms with Crippen molar-refractivity contribution in [3.05, 3.63) is 83.9 Å². The maximum Gasteiger partial charge on any atom is 0.0991 e. The van der Waals surface area contributed by atoms with Gasteiger partial charge in [-0.05, 0) is 59.7 Å². The average Bonchev–Trinajstić information content (AvgIpc) is 3.38. The number of hydrogen-bond donors (Lipinski definition) is 0. The summed E-state index contributed by atoms with van der Waals surface area (Å²) in [7, 11) is 0. The highest BCUT2D eigenvalue weighted by Crippen LogP contribution is 2.40. The second-order valence-corrected chi connectivity index (χ2v) is 7.87. The Morgan fingerprint density at radius 2 is 0.808 bits per heavy atom. The van der Waals surface area contributed by atoms with Crippen LogP contribution in [0.1, 0.15) is 11.1 Å². The van der Waals surface area contributed by atoms with Crippen molar-refractivity contribution in [2.75, 3.05) is 0 Å². The summed E-state index contributed by atoms with van der Waals surface area (Å²) in [6, 6.07) is 28.2. The van der Waals surface area contributed by atoms with Gasteiger partial charge in [-0.2, -0.15) is 10.5 Å². The van der Waals surface area contributed by atoms with Gasteiger partial charge in [-0.3, -0.25) is 0 Å². The van der Waals surface area contributed by atoms with Crippen molar-refractivity contribution in [1.29, 1.82) is 10.5 Å². The summed E-state index contributed by atoms with van der Waals surface area (Å²) in [5.41, 5.74) is 3.61. The summed E-state index contributed by atoms with van der Waals surface area (Å²) in [6.45, 7) is 0. The largest absolute Gasteiger partial charge is 0.192 e. The van der Waals surface area contributed by atoms with Crippen molar-refractivity contribution < 1.29 is 0 Å². The molecule has 2 aromatic carbocycles. The second kappa shape index (κ2) is 6.98. The van der Waals surface area contributed by atoms with E-state index in [-0.39, 0.29) is 0 Å². The van der Waals surface area contributed by atoms with Crippen LogP contribution in [0.5, 0.6) is 0 Å². The molecular formula is C22H12N2S2. The third-order valence-electron chi connectivity index (χ3n) is 4.05. The first-order valence-corrected chi connectivity index (χ1v) is 9.61. The van der Waals surface area contributed by atoms with Crippen molar-refractivity contribution >= 4 is 22.7 Å². The Hall–Kier alpha value is -3.18. The molecule has 0 aliphatic rings. The van der Waals surface area contributed by atoms with Crippen molar-refractivity contribution in [3.8, 4) is 42.8 Å². The first-order valence-electron chi connectivity index (χ1n) is 7.98. The van der Waals surface area contributed by atoms with Gasteiger partial charge in [-0.15, -0.1) is 22.7 Å². The molecule has 2 aromatic heterocycles. The Kier molecular flexibility index (Phi) is 4.37. The first kappa shape index (κ1) is 16.3. The van der Waals surface area contributed by atoms with Crippen LogP contribution >= 0.6 is 22.7 Å². The van der Waals surface area contributed by atoms with Crippen molar-refractivity contribution in [1.82, 2.24) is 0 Å². The normalized spacial score (nSPS) is 10.2. The molecule has 2 heterocycles. The Bertz CT molecular complexity index is 1040. The van der Waals surface area contributed by atoms with Gasteiger partial charge in [0.2, 0.25) is 0 Å². The van der Waals surface area contributed by atoms with Gasteiger partial charge >= 0.3 is 0 Å². The molecule has 0 N–H and O–H groups in total. The van der Waals surface area contributed by atoms with E-state index < -0.39 is 0 Å². The molecule has 0 aliphatic carbocycles. The average molecular weight is 368 g/mol. The maximum atomic E-state index is 8.92. The fraction of sp³-hybridized carbons (Fsp3) is 0. The molecule has 122 valence electrons. The zero-order valence-corrected chi connectivity index (χ0v) is 15.3. The Labute approximate surface area is 159 Å². The summed E-state index contributed by atoms with van der Waals surface area (Å²) in [5, 5.41) is 17.8. The van der Waals surface area contributed by atoms with Crippen molar-refractivity contribution in [2.24, 2.45) is 0 Å². The summed E-state index contributed by atoms with van der Waals surface area (Å²) in [4.78, 5) is 4.85. The second-order valence-electron chi connectivity index (χ2n) is 5.71. The lowest BCUT2D eigenvalue weighted by molar-refractivity contribution is 1.49. The highest BCUT2D eigenvalue weighted by molar-refractivity contribution is 7.25. The molecule has 0 radical (unpaired) electrons. The molecular weight excluding hydrogens is 356 g/mol. The highest BCUT2D eigenvalue weighted by atomic mass is 32.1. The maximum absolute atomic E-state index is 8.92. The monoisotopic (exact) mass is 368 g/mol. The minimum Gasteiger partial charge on any atom is -0.192 e. The lowest BCUT2D eigenvalue weighted by Gasteiger charge is -1.97. The van der Waals surface area contributed by atoms with E-state index in [0.29, 0.717) is 11.1 Å². The van der Waals surface area contributed by atoms with Gasteiger partial charge in [0.1, 0.15) is 0 Å². The molecule has 0 bridgehead atoms. The SMILES string of the molecule is N#Cc1ccc(-c2ccc(-c3ccc(-c4ccc(C#N)cc4)s3)s2)cc1. The van der Waals surface area contributed by atoms with Gasteiger partial charge in [0.05, 0.1) is 23.3 Å². The van der Waals surface area contributed by atoms with E-state index in [9.17, 15) is 0 Å². The van der Waals surface area contributed by atoms with E-state index >= 15 is 0 Å². The van der Waals surface area contributed by atoms with E-state index in [2.05, 4.69) is 36.4 Å². The van der Waals surface area contributed by atoms with Gasteiger partial charge in [0.25, 0.3) is 0 Å². The molecule has 4 aromatic rings. The van der Waals surface area contributed by atoms with Crippen molar-refractivity contribution in [2.45, 2.75) is 0 Å². The van der Waals surface area contributed by atoms with Gasteiger partial charge in [-0.25, -0.2) is 0 Å². The zero-order chi connectivity index (χ0) is 17.9. The minimum absolute atomic E-state index is 0.677. The van der Waals surface area contributed by atoms with Crippen LogP contribution in [0.3, 0.4) is 0 Å². The lowest BCUT2D eigenvalue weighted by Crippen LogP contribution is -1.74. The van der Waals surface area contributed by atoms with Crippen LogP contribution in [0, 0.1) is 22.7 Å². The molecule has 4 rings (SSSR count). The number of thiophene rings is 2. The lowest BCUT2D eigenvalue weighted by atomic mass is 10.1. The molecule has 0 aliphatic heterocycles. The third kappa shape index (κ3) is 3.17. The first-order chi connectivity index (χ1) is 12.8. The summed E-state index contributed by atoms with van der Waals surface area (Å²) >= 11 is 3.50. The number of hydrogen-bond acceptors (Lipinski definition) is 4. The van der Waals surface area contributed by atoms with Crippen LogP contribution in [0.25, 0.3) is 30.6 Å². The molecule has 0 atom stereocenters. The fourth-order valence-corrected chi connectivity index (χ4v) is 4.78. The summed E-state index contributed by atoms with van der Waals surface area (Å²) in [5.74, 6) is 0. The smallest absolute Gasteiger partial charge is 0.0991 e. The van der Waals surface area contributed by atoms with E-state index in [4.69, 9.17) is 10.5 Å². The van der Waals surface area contributed by atoms with Crippen LogP contribution in [0.4, 0.5) is 0 Å². The minimum atomic E-state index is 0.677. The Morgan fingerprint density at radius 1 is 0.462 bits per heavy atom. The van der Waals surface area contributed by atoms with Crippen LogP contribution < -0.4 is 0 Å². The number of rotatable bonds is 3. The van der Waals surface area contributed by atoms with Crippen LogP contribution in [0.15, 0.2) is 72.8 Å². The molecule has 0 unspecified atom stereocenters. The number of benzene rings is 2. The zero-order valence-electron chi connectivity index (χ0n) is 13.6. The van der Waals surface area contributed by atoms with Gasteiger partial charge in [-0.1, -0.05) is 24.3 Å². The molecule has 0 saturated carbocycles. The quantitative estimate of drug-likeness (QED) is 0.411. The van der Waals surface area contributed by atoms with E-state index in [1.54, 1.807) is 22.7 Å². The number of nitriles is 2. The van der Waals surface area contributed by atoms with Crippen LogP contribution in [-0.2, 0) is 0 Å². The summed E-state index contributed by atoms with van der Waals surface area (Å²) < 4.78 is 0.